The Balaban J connectivity index is 2.10. The number of cyclic esters (lactones) is 2. The molecule has 0 unspecified atom stereocenters. The molecule has 3 heterocycles. The lowest BCUT2D eigenvalue weighted by Gasteiger charge is -2.35. The van der Waals surface area contributed by atoms with Gasteiger partial charge in [-0.25, -0.2) is 0 Å². The average molecular weight is 194 g/mol. The average Bonchev–Trinajstić information content (AvgIpc) is 2.45. The van der Waals surface area contributed by atoms with Gasteiger partial charge >= 0.3 is 17.9 Å². The Kier molecular flexibility index (Phi) is 1.23. The zero-order valence-corrected chi connectivity index (χ0v) is 7.01. The summed E-state index contributed by atoms with van der Waals surface area (Å²) in [5.41, 5.74) is 0. The molecule has 72 valence electrons. The summed E-state index contributed by atoms with van der Waals surface area (Å²) in [4.78, 5) is 33.8. The molecule has 4 atom stereocenters. The number of carbonyl (C=O) groups is 3. The Bertz CT molecular complexity index is 383. The second kappa shape index (κ2) is 2.23. The highest BCUT2D eigenvalue weighted by atomic mass is 16.6. The van der Waals surface area contributed by atoms with Crippen molar-refractivity contribution in [3.63, 3.8) is 0 Å². The maximum atomic E-state index is 11.3. The van der Waals surface area contributed by atoms with Crippen LogP contribution in [0.4, 0.5) is 0 Å². The fourth-order valence-corrected chi connectivity index (χ4v) is 2.26. The van der Waals surface area contributed by atoms with Gasteiger partial charge in [0.1, 0.15) is 12.0 Å². The van der Waals surface area contributed by atoms with E-state index in [-0.39, 0.29) is 0 Å². The van der Waals surface area contributed by atoms with Crippen LogP contribution in [0.2, 0.25) is 0 Å². The predicted octanol–water partition coefficient (Wildman–Crippen LogP) is -0.586. The van der Waals surface area contributed by atoms with Crippen molar-refractivity contribution >= 4 is 17.9 Å². The Labute approximate surface area is 78.7 Å². The molecule has 4 rings (SSSR count). The summed E-state index contributed by atoms with van der Waals surface area (Å²) in [7, 11) is 0. The largest absolute Gasteiger partial charge is 0.457 e. The van der Waals surface area contributed by atoms with E-state index in [2.05, 4.69) is 4.74 Å². The van der Waals surface area contributed by atoms with Crippen molar-refractivity contribution < 1.29 is 23.9 Å². The van der Waals surface area contributed by atoms with Crippen molar-refractivity contribution in [1.29, 1.82) is 0 Å². The molecule has 0 aromatic heterocycles. The minimum absolute atomic E-state index is 0.439. The normalized spacial score (nSPS) is 43.6. The molecule has 0 aromatic rings. The van der Waals surface area contributed by atoms with Gasteiger partial charge in [-0.05, 0) is 6.08 Å². The van der Waals surface area contributed by atoms with E-state index in [9.17, 15) is 14.4 Å². The van der Waals surface area contributed by atoms with Crippen molar-refractivity contribution in [3.05, 3.63) is 12.2 Å². The van der Waals surface area contributed by atoms with Crippen LogP contribution in [0, 0.1) is 17.8 Å². The molecule has 5 nitrogen and oxygen atoms in total. The lowest BCUT2D eigenvalue weighted by atomic mass is 9.73. The molecule has 5 heteroatoms. The van der Waals surface area contributed by atoms with E-state index < -0.39 is 41.8 Å². The maximum absolute atomic E-state index is 11.3. The van der Waals surface area contributed by atoms with Crippen molar-refractivity contribution in [3.8, 4) is 0 Å². The fourth-order valence-electron chi connectivity index (χ4n) is 2.26. The molecule has 2 bridgehead atoms. The fraction of sp³-hybridized carbons (Fsp3) is 0.444. The van der Waals surface area contributed by atoms with Crippen LogP contribution < -0.4 is 0 Å². The first-order chi connectivity index (χ1) is 6.68. The molecule has 14 heavy (non-hydrogen) atoms. The van der Waals surface area contributed by atoms with Crippen LogP contribution in [0.25, 0.3) is 0 Å². The number of hydrogen-bond donors (Lipinski definition) is 0. The molecular formula is C9H6O5. The van der Waals surface area contributed by atoms with Gasteiger partial charge in [-0.1, -0.05) is 6.08 Å². The lowest BCUT2D eigenvalue weighted by Crippen LogP contribution is -2.48. The lowest BCUT2D eigenvalue weighted by molar-refractivity contribution is -0.168. The molecule has 3 aliphatic heterocycles. The summed E-state index contributed by atoms with van der Waals surface area (Å²) >= 11 is 0. The highest BCUT2D eigenvalue weighted by Crippen LogP contribution is 2.43. The van der Waals surface area contributed by atoms with Gasteiger partial charge in [0, 0.05) is 0 Å². The van der Waals surface area contributed by atoms with Gasteiger partial charge in [-0.2, -0.15) is 0 Å². The minimum atomic E-state index is -0.654. The molecule has 0 aromatic carbocycles. The molecule has 2 saturated heterocycles. The summed E-state index contributed by atoms with van der Waals surface area (Å²) in [6.07, 6.45) is 2.65. The number of rotatable bonds is 0. The van der Waals surface area contributed by atoms with E-state index in [1.165, 1.54) is 0 Å². The van der Waals surface area contributed by atoms with E-state index >= 15 is 0 Å². The Morgan fingerprint density at radius 3 is 2.36 bits per heavy atom. The van der Waals surface area contributed by atoms with E-state index in [1.54, 1.807) is 12.2 Å². The van der Waals surface area contributed by atoms with Gasteiger partial charge in [0.2, 0.25) is 0 Å². The van der Waals surface area contributed by atoms with Gasteiger partial charge < -0.3 is 9.47 Å². The highest BCUT2D eigenvalue weighted by Gasteiger charge is 2.59. The Hall–Kier alpha value is -1.65. The highest BCUT2D eigenvalue weighted by molar-refractivity contribution is 6.01. The molecule has 0 saturated carbocycles. The van der Waals surface area contributed by atoms with Crippen LogP contribution in [-0.2, 0) is 23.9 Å². The van der Waals surface area contributed by atoms with Gasteiger partial charge in [0.15, 0.2) is 0 Å². The van der Waals surface area contributed by atoms with E-state index in [0.29, 0.717) is 0 Å². The standard InChI is InChI=1S/C9H6O5/c10-7-3-1-2-4(13-7)6-5(3)8(11)14-9(6)12/h1-6H/t3-,4+,5+,6-/m0/s1. The van der Waals surface area contributed by atoms with Crippen LogP contribution >= 0.6 is 0 Å². The predicted molar refractivity (Wildman–Crippen MR) is 40.6 cm³/mol. The summed E-state index contributed by atoms with van der Waals surface area (Å²) in [5, 5.41) is 0. The zero-order chi connectivity index (χ0) is 9.87. The summed E-state index contributed by atoms with van der Waals surface area (Å²) in [6.45, 7) is 0. The van der Waals surface area contributed by atoms with Gasteiger partial charge in [0.05, 0.1) is 11.8 Å². The van der Waals surface area contributed by atoms with Gasteiger partial charge in [-0.15, -0.1) is 0 Å². The number of ether oxygens (including phenoxy) is 2. The van der Waals surface area contributed by atoms with Crippen molar-refractivity contribution in [1.82, 2.24) is 0 Å². The van der Waals surface area contributed by atoms with Gasteiger partial charge in [-0.3, -0.25) is 14.4 Å². The molecule has 0 radical (unpaired) electrons. The molecule has 0 N–H and O–H groups in total. The second-order valence-electron chi connectivity index (χ2n) is 3.60. The van der Waals surface area contributed by atoms with Crippen LogP contribution in [0.1, 0.15) is 0 Å². The van der Waals surface area contributed by atoms with Crippen molar-refractivity contribution in [2.24, 2.45) is 17.8 Å². The van der Waals surface area contributed by atoms with Crippen molar-refractivity contribution in [2.45, 2.75) is 6.10 Å². The first kappa shape index (κ1) is 7.73. The molecule has 1 aliphatic carbocycles. The summed E-state index contributed by atoms with van der Waals surface area (Å²) in [6, 6.07) is 0. The first-order valence-corrected chi connectivity index (χ1v) is 4.33. The zero-order valence-electron chi connectivity index (χ0n) is 7.01. The third-order valence-corrected chi connectivity index (χ3v) is 2.91. The summed E-state index contributed by atoms with van der Waals surface area (Å²) in [5.74, 6) is -3.52. The Morgan fingerprint density at radius 2 is 1.64 bits per heavy atom. The molecular weight excluding hydrogens is 188 g/mol. The number of carbonyl (C=O) groups excluding carboxylic acids is 3. The van der Waals surface area contributed by atoms with Gasteiger partial charge in [0.25, 0.3) is 0 Å². The first-order valence-electron chi connectivity index (χ1n) is 4.33. The molecule has 0 spiro atoms. The van der Waals surface area contributed by atoms with Crippen molar-refractivity contribution in [2.75, 3.05) is 0 Å². The minimum Gasteiger partial charge on any atom is -0.457 e. The van der Waals surface area contributed by atoms with Crippen LogP contribution in [0.5, 0.6) is 0 Å². The topological polar surface area (TPSA) is 69.7 Å². The number of esters is 3. The third-order valence-electron chi connectivity index (χ3n) is 2.91. The van der Waals surface area contributed by atoms with E-state index in [1.807, 2.05) is 0 Å². The number of fused-ring (bicyclic) bond motifs is 1. The maximum Gasteiger partial charge on any atom is 0.321 e. The van der Waals surface area contributed by atoms with Crippen LogP contribution in [0.15, 0.2) is 12.2 Å². The quantitative estimate of drug-likeness (QED) is 0.293. The van der Waals surface area contributed by atoms with Crippen LogP contribution in [-0.4, -0.2) is 24.0 Å². The SMILES string of the molecule is O=C1OC(=O)[C@H]2[C@@H]1[C@H]1C=C[C@@H]2C(=O)O1. The molecule has 2 fully saturated rings. The molecule has 0 amide bonds. The smallest absolute Gasteiger partial charge is 0.321 e. The van der Waals surface area contributed by atoms with E-state index in [4.69, 9.17) is 4.74 Å². The van der Waals surface area contributed by atoms with Crippen LogP contribution in [0.3, 0.4) is 0 Å². The third kappa shape index (κ3) is 0.724. The monoisotopic (exact) mass is 194 g/mol. The molecule has 4 aliphatic rings. The summed E-state index contributed by atoms with van der Waals surface area (Å²) < 4.78 is 9.43. The Morgan fingerprint density at radius 1 is 0.929 bits per heavy atom. The number of hydrogen-bond acceptors (Lipinski definition) is 5. The second-order valence-corrected chi connectivity index (χ2v) is 3.60. The van der Waals surface area contributed by atoms with E-state index in [0.717, 1.165) is 0 Å².